The lowest BCUT2D eigenvalue weighted by molar-refractivity contribution is -0.126. The minimum atomic E-state index is -0.543. The molecule has 0 aliphatic carbocycles. The number of nitrogens with zero attached hydrogens (tertiary/aromatic N) is 3. The van der Waals surface area contributed by atoms with Gasteiger partial charge in [0.05, 0.1) is 37.1 Å². The average Bonchev–Trinajstić information content (AvgIpc) is 3.21. The molecule has 3 aliphatic heterocycles. The average molecular weight is 475 g/mol. The Labute approximate surface area is 205 Å². The number of morpholine rings is 1. The summed E-state index contributed by atoms with van der Waals surface area (Å²) in [5.74, 6) is 1.33. The Hall–Kier alpha value is -3.62. The standard InChI is InChI=1S/C27H30N4O4/c1-2-11-31-23-19-30(13-12-29-14-16-34-17-15-29)26(32)24(23)25(28-27(31)33)20-7-6-10-22(18-20)35-21-8-4-3-5-9-21/h2-10,18,25H,1,11-17,19H2,(H,28,33). The van der Waals surface area contributed by atoms with Gasteiger partial charge in [0.25, 0.3) is 5.91 Å². The van der Waals surface area contributed by atoms with E-state index in [4.69, 9.17) is 9.47 Å². The number of rotatable bonds is 8. The van der Waals surface area contributed by atoms with E-state index in [-0.39, 0.29) is 11.9 Å². The van der Waals surface area contributed by atoms with Crippen LogP contribution in [-0.4, -0.2) is 79.1 Å². The van der Waals surface area contributed by atoms with Gasteiger partial charge in [-0.3, -0.25) is 14.6 Å². The summed E-state index contributed by atoms with van der Waals surface area (Å²) in [5, 5.41) is 3.04. The number of benzene rings is 2. The second kappa shape index (κ2) is 10.3. The molecule has 1 saturated heterocycles. The molecule has 1 N–H and O–H groups in total. The van der Waals surface area contributed by atoms with Crippen LogP contribution < -0.4 is 10.1 Å². The molecule has 0 saturated carbocycles. The third kappa shape index (κ3) is 4.94. The van der Waals surface area contributed by atoms with Gasteiger partial charge in [-0.2, -0.15) is 0 Å². The van der Waals surface area contributed by atoms with Crippen LogP contribution in [0.4, 0.5) is 4.79 Å². The van der Waals surface area contributed by atoms with E-state index in [0.29, 0.717) is 31.0 Å². The Balaban J connectivity index is 1.40. The highest BCUT2D eigenvalue weighted by atomic mass is 16.5. The first-order valence-electron chi connectivity index (χ1n) is 12.0. The molecule has 0 bridgehead atoms. The van der Waals surface area contributed by atoms with Crippen LogP contribution in [0, 0.1) is 0 Å². The van der Waals surface area contributed by atoms with Crippen LogP contribution >= 0.6 is 0 Å². The van der Waals surface area contributed by atoms with Gasteiger partial charge in [-0.1, -0.05) is 36.4 Å². The second-order valence-corrected chi connectivity index (χ2v) is 8.81. The lowest BCUT2D eigenvalue weighted by Gasteiger charge is -2.33. The maximum absolute atomic E-state index is 13.6. The van der Waals surface area contributed by atoms with Crippen molar-refractivity contribution in [2.45, 2.75) is 6.04 Å². The molecule has 3 heterocycles. The maximum atomic E-state index is 13.6. The quantitative estimate of drug-likeness (QED) is 0.595. The molecule has 3 aliphatic rings. The number of ether oxygens (including phenoxy) is 2. The number of hydrogen-bond donors (Lipinski definition) is 1. The van der Waals surface area contributed by atoms with Crippen molar-refractivity contribution in [1.82, 2.24) is 20.0 Å². The number of urea groups is 1. The largest absolute Gasteiger partial charge is 0.457 e. The zero-order chi connectivity index (χ0) is 24.2. The highest BCUT2D eigenvalue weighted by Gasteiger charge is 2.43. The van der Waals surface area contributed by atoms with Crippen LogP contribution in [0.1, 0.15) is 11.6 Å². The highest BCUT2D eigenvalue weighted by Crippen LogP contribution is 2.37. The molecular formula is C27H30N4O4. The van der Waals surface area contributed by atoms with E-state index < -0.39 is 6.04 Å². The van der Waals surface area contributed by atoms with Crippen molar-refractivity contribution in [3.63, 3.8) is 0 Å². The molecule has 1 unspecified atom stereocenters. The molecule has 2 aromatic rings. The second-order valence-electron chi connectivity index (χ2n) is 8.81. The molecule has 0 aromatic heterocycles. The molecular weight excluding hydrogens is 444 g/mol. The SMILES string of the molecule is C=CCN1C(=O)NC(c2cccc(Oc3ccccc3)c2)C2=C1CN(CCN1CCOCC1)C2=O. The lowest BCUT2D eigenvalue weighted by atomic mass is 9.95. The molecule has 1 fully saturated rings. The minimum absolute atomic E-state index is 0.0401. The number of amides is 3. The van der Waals surface area contributed by atoms with Crippen LogP contribution in [0.2, 0.25) is 0 Å². The van der Waals surface area contributed by atoms with Crippen LogP contribution in [-0.2, 0) is 9.53 Å². The molecule has 3 amide bonds. The summed E-state index contributed by atoms with van der Waals surface area (Å²) in [6, 6.07) is 16.3. The first kappa shape index (κ1) is 23.1. The smallest absolute Gasteiger partial charge is 0.322 e. The predicted octanol–water partition coefficient (Wildman–Crippen LogP) is 3.16. The van der Waals surface area contributed by atoms with Gasteiger partial charge in [0.1, 0.15) is 11.5 Å². The van der Waals surface area contributed by atoms with E-state index in [1.165, 1.54) is 0 Å². The molecule has 2 aromatic carbocycles. The fraction of sp³-hybridized carbons (Fsp3) is 0.333. The van der Waals surface area contributed by atoms with Gasteiger partial charge in [-0.25, -0.2) is 4.79 Å². The molecule has 1 atom stereocenters. The zero-order valence-electron chi connectivity index (χ0n) is 19.7. The first-order chi connectivity index (χ1) is 17.1. The van der Waals surface area contributed by atoms with Gasteiger partial charge in [0.15, 0.2) is 0 Å². The summed E-state index contributed by atoms with van der Waals surface area (Å²) in [6.07, 6.45) is 1.68. The van der Waals surface area contributed by atoms with Gasteiger partial charge >= 0.3 is 6.03 Å². The summed E-state index contributed by atoms with van der Waals surface area (Å²) in [6.45, 7) is 9.11. The molecule has 35 heavy (non-hydrogen) atoms. The Morgan fingerprint density at radius 3 is 2.57 bits per heavy atom. The molecule has 0 radical (unpaired) electrons. The third-order valence-electron chi connectivity index (χ3n) is 6.57. The van der Waals surface area contributed by atoms with E-state index >= 15 is 0 Å². The van der Waals surface area contributed by atoms with E-state index in [1.807, 2.05) is 59.5 Å². The van der Waals surface area contributed by atoms with Crippen molar-refractivity contribution in [2.24, 2.45) is 0 Å². The van der Waals surface area contributed by atoms with Gasteiger partial charge in [-0.15, -0.1) is 6.58 Å². The van der Waals surface area contributed by atoms with Gasteiger partial charge in [-0.05, 0) is 29.8 Å². The Bertz CT molecular complexity index is 1130. The van der Waals surface area contributed by atoms with Crippen LogP contribution in [0.3, 0.4) is 0 Å². The molecule has 0 spiro atoms. The van der Waals surface area contributed by atoms with Crippen molar-refractivity contribution >= 4 is 11.9 Å². The summed E-state index contributed by atoms with van der Waals surface area (Å²) in [7, 11) is 0. The van der Waals surface area contributed by atoms with Crippen molar-refractivity contribution in [2.75, 3.05) is 52.5 Å². The van der Waals surface area contributed by atoms with E-state index in [9.17, 15) is 9.59 Å². The monoisotopic (exact) mass is 474 g/mol. The zero-order valence-corrected chi connectivity index (χ0v) is 19.7. The Morgan fingerprint density at radius 1 is 1.03 bits per heavy atom. The van der Waals surface area contributed by atoms with Crippen LogP contribution in [0.5, 0.6) is 11.5 Å². The highest BCUT2D eigenvalue weighted by molar-refractivity contribution is 6.01. The number of para-hydroxylation sites is 1. The van der Waals surface area contributed by atoms with Crippen molar-refractivity contribution < 1.29 is 19.1 Å². The predicted molar refractivity (Wildman–Crippen MR) is 132 cm³/mol. The van der Waals surface area contributed by atoms with Crippen molar-refractivity contribution in [3.8, 4) is 11.5 Å². The summed E-state index contributed by atoms with van der Waals surface area (Å²) in [4.78, 5) is 32.4. The fourth-order valence-electron chi connectivity index (χ4n) is 4.77. The minimum Gasteiger partial charge on any atom is -0.457 e. The number of carbonyl (C=O) groups is 2. The molecule has 8 heteroatoms. The number of hydrogen-bond acceptors (Lipinski definition) is 5. The maximum Gasteiger partial charge on any atom is 0.322 e. The molecule has 5 rings (SSSR count). The lowest BCUT2D eigenvalue weighted by Crippen LogP contribution is -2.47. The van der Waals surface area contributed by atoms with E-state index in [0.717, 1.165) is 49.9 Å². The normalized spacial score (nSPS) is 20.6. The third-order valence-corrected chi connectivity index (χ3v) is 6.57. The summed E-state index contributed by atoms with van der Waals surface area (Å²) >= 11 is 0. The summed E-state index contributed by atoms with van der Waals surface area (Å²) < 4.78 is 11.4. The van der Waals surface area contributed by atoms with Crippen LogP contribution in [0.25, 0.3) is 0 Å². The molecule has 8 nitrogen and oxygen atoms in total. The van der Waals surface area contributed by atoms with E-state index in [1.54, 1.807) is 11.0 Å². The van der Waals surface area contributed by atoms with Crippen molar-refractivity contribution in [1.29, 1.82) is 0 Å². The van der Waals surface area contributed by atoms with E-state index in [2.05, 4.69) is 16.8 Å². The van der Waals surface area contributed by atoms with Gasteiger partial charge in [0.2, 0.25) is 0 Å². The first-order valence-corrected chi connectivity index (χ1v) is 12.0. The summed E-state index contributed by atoms with van der Waals surface area (Å²) in [5.41, 5.74) is 2.17. The van der Waals surface area contributed by atoms with Gasteiger partial charge in [0, 0.05) is 32.7 Å². The molecule has 182 valence electrons. The Kier molecular flexibility index (Phi) is 6.83. The number of nitrogens with one attached hydrogen (secondary N) is 1. The van der Waals surface area contributed by atoms with Gasteiger partial charge < -0.3 is 19.7 Å². The fourth-order valence-corrected chi connectivity index (χ4v) is 4.77. The Morgan fingerprint density at radius 2 is 1.80 bits per heavy atom. The topological polar surface area (TPSA) is 74.4 Å². The number of carbonyl (C=O) groups excluding carboxylic acids is 2. The van der Waals surface area contributed by atoms with Crippen LogP contribution in [0.15, 0.2) is 78.5 Å². The van der Waals surface area contributed by atoms with Crippen molar-refractivity contribution in [3.05, 3.63) is 84.1 Å².